The zero-order valence-corrected chi connectivity index (χ0v) is 19.4. The van der Waals surface area contributed by atoms with Gasteiger partial charge in [-0.3, -0.25) is 19.6 Å². The summed E-state index contributed by atoms with van der Waals surface area (Å²) in [7, 11) is 3.07. The monoisotopic (exact) mass is 501 g/mol. The first-order chi connectivity index (χ1) is 17.2. The van der Waals surface area contributed by atoms with Crippen molar-refractivity contribution in [2.45, 2.75) is 31.2 Å². The molecule has 188 valence electrons. The number of alkyl halides is 3. The Bertz CT molecular complexity index is 1340. The van der Waals surface area contributed by atoms with Gasteiger partial charge in [-0.1, -0.05) is 6.07 Å². The number of ether oxygens (including phenoxy) is 3. The fourth-order valence-electron chi connectivity index (χ4n) is 4.50. The molecule has 0 atom stereocenters. The summed E-state index contributed by atoms with van der Waals surface area (Å²) in [5, 5.41) is 0.725. The lowest BCUT2D eigenvalue weighted by atomic mass is 9.88. The van der Waals surface area contributed by atoms with Gasteiger partial charge in [0.2, 0.25) is 0 Å². The van der Waals surface area contributed by atoms with E-state index in [1.54, 1.807) is 24.4 Å². The molecule has 2 aromatic carbocycles. The Morgan fingerprint density at radius 1 is 0.972 bits per heavy atom. The summed E-state index contributed by atoms with van der Waals surface area (Å²) in [5.41, 5.74) is -0.192. The maximum absolute atomic E-state index is 13.1. The summed E-state index contributed by atoms with van der Waals surface area (Å²) in [6.07, 6.45) is -2.37. The molecule has 3 aromatic rings. The molecular formula is C25H22F3N3O5. The predicted octanol–water partition coefficient (Wildman–Crippen LogP) is 4.65. The average molecular weight is 501 g/mol. The first kappa shape index (κ1) is 23.7. The summed E-state index contributed by atoms with van der Waals surface area (Å²) in [6, 6.07) is 8.61. The highest BCUT2D eigenvalue weighted by Gasteiger charge is 2.47. The minimum absolute atomic E-state index is 0.0328. The molecule has 1 saturated heterocycles. The van der Waals surface area contributed by atoms with Gasteiger partial charge >= 0.3 is 12.2 Å². The van der Waals surface area contributed by atoms with E-state index >= 15 is 0 Å². The molecule has 1 aliphatic carbocycles. The van der Waals surface area contributed by atoms with Crippen LogP contribution in [0.2, 0.25) is 0 Å². The molecule has 8 nitrogen and oxygen atoms in total. The van der Waals surface area contributed by atoms with Crippen LogP contribution in [0.1, 0.15) is 18.4 Å². The number of imide groups is 1. The molecule has 0 radical (unpaired) electrons. The third-order valence-corrected chi connectivity index (χ3v) is 6.42. The zero-order chi connectivity index (χ0) is 25.6. The summed E-state index contributed by atoms with van der Waals surface area (Å²) in [6.45, 7) is -0.307. The standard InChI is InChI=1S/C25H22F3N3O5/c1-34-21-11-18-19(12-22(21)35-2)29-7-6-20(18)36-17-9-16(10-17)31-23(32)13-30(24(31)33)15-5-3-4-14(8-15)25(26,27)28/h3-8,11-12,16-17H,9-10,13H2,1-2H3. The Kier molecular flexibility index (Phi) is 5.85. The van der Waals surface area contributed by atoms with E-state index in [2.05, 4.69) is 4.98 Å². The van der Waals surface area contributed by atoms with Crippen LogP contribution < -0.4 is 19.1 Å². The van der Waals surface area contributed by atoms with Crippen molar-refractivity contribution in [2.24, 2.45) is 0 Å². The van der Waals surface area contributed by atoms with E-state index in [-0.39, 0.29) is 18.3 Å². The SMILES string of the molecule is COc1cc2nccc(OC3CC(N4C(=O)CN(c5cccc(C(F)(F)F)c5)C4=O)C3)c2cc1OC. The van der Waals surface area contributed by atoms with Crippen molar-refractivity contribution in [3.05, 3.63) is 54.2 Å². The van der Waals surface area contributed by atoms with Gasteiger partial charge in [-0.05, 0) is 30.3 Å². The van der Waals surface area contributed by atoms with Gasteiger partial charge in [0.1, 0.15) is 18.4 Å². The summed E-state index contributed by atoms with van der Waals surface area (Å²) < 4.78 is 56.1. The number of halogens is 3. The molecule has 2 aliphatic rings. The van der Waals surface area contributed by atoms with E-state index < -0.39 is 29.7 Å². The van der Waals surface area contributed by atoms with Crippen molar-refractivity contribution in [3.8, 4) is 17.2 Å². The smallest absolute Gasteiger partial charge is 0.416 e. The number of pyridine rings is 1. The van der Waals surface area contributed by atoms with Crippen LogP contribution in [-0.4, -0.2) is 54.7 Å². The lowest BCUT2D eigenvalue weighted by Gasteiger charge is -2.39. The number of amides is 3. The number of urea groups is 1. The molecule has 0 spiro atoms. The molecule has 5 rings (SSSR count). The third-order valence-electron chi connectivity index (χ3n) is 6.42. The van der Waals surface area contributed by atoms with Crippen LogP contribution in [0.15, 0.2) is 48.7 Å². The second-order valence-corrected chi connectivity index (χ2v) is 8.58. The van der Waals surface area contributed by atoms with E-state index in [0.29, 0.717) is 35.6 Å². The molecule has 36 heavy (non-hydrogen) atoms. The lowest BCUT2D eigenvalue weighted by molar-refractivity contribution is -0.137. The third kappa shape index (κ3) is 4.14. The number of hydrogen-bond donors (Lipinski definition) is 0. The molecular weight excluding hydrogens is 479 g/mol. The Morgan fingerprint density at radius 3 is 2.39 bits per heavy atom. The van der Waals surface area contributed by atoms with Crippen LogP contribution in [0.4, 0.5) is 23.7 Å². The number of nitrogens with zero attached hydrogens (tertiary/aromatic N) is 3. The first-order valence-electron chi connectivity index (χ1n) is 11.2. The number of carbonyl (C=O) groups excluding carboxylic acids is 2. The fourth-order valence-corrected chi connectivity index (χ4v) is 4.50. The molecule has 2 heterocycles. The fraction of sp³-hybridized carbons (Fsp3) is 0.320. The van der Waals surface area contributed by atoms with Crippen LogP contribution in [0.3, 0.4) is 0 Å². The minimum atomic E-state index is -4.55. The largest absolute Gasteiger partial charge is 0.493 e. The van der Waals surface area contributed by atoms with Crippen LogP contribution in [-0.2, 0) is 11.0 Å². The molecule has 0 N–H and O–H groups in total. The molecule has 1 aliphatic heterocycles. The number of fused-ring (bicyclic) bond motifs is 1. The molecule has 2 fully saturated rings. The van der Waals surface area contributed by atoms with Gasteiger partial charge in [-0.15, -0.1) is 0 Å². The second-order valence-electron chi connectivity index (χ2n) is 8.58. The normalized spacial score (nSPS) is 20.0. The quantitative estimate of drug-likeness (QED) is 0.458. The number of anilines is 1. The van der Waals surface area contributed by atoms with Gasteiger partial charge in [-0.2, -0.15) is 13.2 Å². The number of carbonyl (C=O) groups is 2. The van der Waals surface area contributed by atoms with E-state index in [1.165, 1.54) is 26.4 Å². The van der Waals surface area contributed by atoms with E-state index in [4.69, 9.17) is 14.2 Å². The van der Waals surface area contributed by atoms with Gasteiger partial charge in [0.05, 0.1) is 25.3 Å². The predicted molar refractivity (Wildman–Crippen MR) is 123 cm³/mol. The molecule has 11 heteroatoms. The van der Waals surface area contributed by atoms with Crippen molar-refractivity contribution < 1.29 is 37.0 Å². The summed E-state index contributed by atoms with van der Waals surface area (Å²) in [4.78, 5) is 32.1. The van der Waals surface area contributed by atoms with Crippen LogP contribution in [0.25, 0.3) is 10.9 Å². The highest BCUT2D eigenvalue weighted by Crippen LogP contribution is 2.39. The summed E-state index contributed by atoms with van der Waals surface area (Å²) in [5.74, 6) is 1.19. The van der Waals surface area contributed by atoms with Crippen molar-refractivity contribution >= 4 is 28.5 Å². The van der Waals surface area contributed by atoms with Crippen molar-refractivity contribution in [3.63, 3.8) is 0 Å². The Balaban J connectivity index is 1.28. The topological polar surface area (TPSA) is 81.2 Å². The van der Waals surface area contributed by atoms with Gasteiger partial charge in [-0.25, -0.2) is 4.79 Å². The lowest BCUT2D eigenvalue weighted by Crippen LogP contribution is -2.52. The van der Waals surface area contributed by atoms with Gasteiger partial charge < -0.3 is 14.2 Å². The highest BCUT2D eigenvalue weighted by atomic mass is 19.4. The van der Waals surface area contributed by atoms with Crippen LogP contribution in [0.5, 0.6) is 17.2 Å². The zero-order valence-electron chi connectivity index (χ0n) is 19.4. The van der Waals surface area contributed by atoms with Gasteiger partial charge in [0.25, 0.3) is 5.91 Å². The maximum atomic E-state index is 13.1. The van der Waals surface area contributed by atoms with Crippen LogP contribution >= 0.6 is 0 Å². The van der Waals surface area contributed by atoms with Crippen molar-refractivity contribution in [1.29, 1.82) is 0 Å². The first-order valence-corrected chi connectivity index (χ1v) is 11.2. The minimum Gasteiger partial charge on any atom is -0.493 e. The van der Waals surface area contributed by atoms with Gasteiger partial charge in [0, 0.05) is 42.2 Å². The molecule has 0 bridgehead atoms. The molecule has 0 unspecified atom stereocenters. The van der Waals surface area contributed by atoms with E-state index in [0.717, 1.165) is 27.3 Å². The number of hydrogen-bond acceptors (Lipinski definition) is 6. The molecule has 1 saturated carbocycles. The van der Waals surface area contributed by atoms with E-state index in [9.17, 15) is 22.8 Å². The molecule has 1 aromatic heterocycles. The second kappa shape index (κ2) is 8.89. The Labute approximate surface area is 204 Å². The molecule has 3 amide bonds. The van der Waals surface area contributed by atoms with Crippen LogP contribution in [0, 0.1) is 0 Å². The van der Waals surface area contributed by atoms with Gasteiger partial charge in [0.15, 0.2) is 11.5 Å². The number of benzene rings is 2. The van der Waals surface area contributed by atoms with Crippen molar-refractivity contribution in [1.82, 2.24) is 9.88 Å². The average Bonchev–Trinajstić information content (AvgIpc) is 3.13. The maximum Gasteiger partial charge on any atom is 0.416 e. The Hall–Kier alpha value is -4.02. The highest BCUT2D eigenvalue weighted by molar-refractivity contribution is 6.12. The Morgan fingerprint density at radius 2 is 1.69 bits per heavy atom. The number of rotatable bonds is 6. The van der Waals surface area contributed by atoms with E-state index in [1.807, 2.05) is 0 Å². The van der Waals surface area contributed by atoms with Crippen molar-refractivity contribution in [2.75, 3.05) is 25.7 Å². The number of methoxy groups -OCH3 is 2. The summed E-state index contributed by atoms with van der Waals surface area (Å²) >= 11 is 0. The number of aromatic nitrogens is 1.